The Morgan fingerprint density at radius 1 is 1.43 bits per heavy atom. The SMILES string of the molecule is CCCc1nc(Br)cc(OC(C)C)n1. The van der Waals surface area contributed by atoms with Crippen molar-refractivity contribution in [1.29, 1.82) is 0 Å². The van der Waals surface area contributed by atoms with Gasteiger partial charge in [-0.1, -0.05) is 6.92 Å². The van der Waals surface area contributed by atoms with E-state index in [0.29, 0.717) is 5.88 Å². The van der Waals surface area contributed by atoms with E-state index in [1.165, 1.54) is 0 Å². The van der Waals surface area contributed by atoms with Crippen LogP contribution in [-0.4, -0.2) is 16.1 Å². The van der Waals surface area contributed by atoms with E-state index in [-0.39, 0.29) is 6.10 Å². The number of hydrogen-bond acceptors (Lipinski definition) is 3. The van der Waals surface area contributed by atoms with Crippen LogP contribution in [-0.2, 0) is 6.42 Å². The Kier molecular flexibility index (Phi) is 4.32. The van der Waals surface area contributed by atoms with Gasteiger partial charge in [0.15, 0.2) is 0 Å². The van der Waals surface area contributed by atoms with Gasteiger partial charge in [-0.15, -0.1) is 0 Å². The fourth-order valence-electron chi connectivity index (χ4n) is 1.08. The van der Waals surface area contributed by atoms with E-state index in [2.05, 4.69) is 32.8 Å². The van der Waals surface area contributed by atoms with Gasteiger partial charge >= 0.3 is 0 Å². The predicted molar refractivity (Wildman–Crippen MR) is 59.5 cm³/mol. The quantitative estimate of drug-likeness (QED) is 0.780. The van der Waals surface area contributed by atoms with Crippen LogP contribution in [0.4, 0.5) is 0 Å². The highest BCUT2D eigenvalue weighted by atomic mass is 79.9. The van der Waals surface area contributed by atoms with Gasteiger partial charge in [-0.3, -0.25) is 0 Å². The van der Waals surface area contributed by atoms with Crippen molar-refractivity contribution in [2.24, 2.45) is 0 Å². The third-order valence-corrected chi connectivity index (χ3v) is 1.95. The maximum Gasteiger partial charge on any atom is 0.217 e. The molecule has 0 aromatic carbocycles. The summed E-state index contributed by atoms with van der Waals surface area (Å²) in [6.45, 7) is 6.07. The van der Waals surface area contributed by atoms with Crippen molar-refractivity contribution in [3.63, 3.8) is 0 Å². The van der Waals surface area contributed by atoms with E-state index in [0.717, 1.165) is 23.3 Å². The van der Waals surface area contributed by atoms with Crippen LogP contribution in [0.25, 0.3) is 0 Å². The number of ether oxygens (including phenoxy) is 1. The number of rotatable bonds is 4. The van der Waals surface area contributed by atoms with Gasteiger partial charge in [0.2, 0.25) is 5.88 Å². The summed E-state index contributed by atoms with van der Waals surface area (Å²) in [4.78, 5) is 8.56. The van der Waals surface area contributed by atoms with Crippen molar-refractivity contribution in [2.75, 3.05) is 0 Å². The first-order valence-corrected chi connectivity index (χ1v) is 5.61. The van der Waals surface area contributed by atoms with Crippen molar-refractivity contribution >= 4 is 15.9 Å². The van der Waals surface area contributed by atoms with E-state index in [4.69, 9.17) is 4.74 Å². The maximum absolute atomic E-state index is 5.50. The molecule has 0 aliphatic rings. The van der Waals surface area contributed by atoms with Gasteiger partial charge < -0.3 is 4.74 Å². The number of hydrogen-bond donors (Lipinski definition) is 0. The molecule has 0 aliphatic heterocycles. The molecular formula is C10H15BrN2O. The molecule has 0 saturated carbocycles. The fraction of sp³-hybridized carbons (Fsp3) is 0.600. The van der Waals surface area contributed by atoms with Crippen LogP contribution < -0.4 is 4.74 Å². The smallest absolute Gasteiger partial charge is 0.217 e. The van der Waals surface area contributed by atoms with Gasteiger partial charge in [0, 0.05) is 12.5 Å². The number of aromatic nitrogens is 2. The third kappa shape index (κ3) is 3.62. The van der Waals surface area contributed by atoms with Crippen LogP contribution >= 0.6 is 15.9 Å². The monoisotopic (exact) mass is 258 g/mol. The summed E-state index contributed by atoms with van der Waals surface area (Å²) >= 11 is 3.34. The molecule has 14 heavy (non-hydrogen) atoms. The lowest BCUT2D eigenvalue weighted by molar-refractivity contribution is 0.231. The van der Waals surface area contributed by atoms with E-state index >= 15 is 0 Å². The Balaban J connectivity index is 2.83. The Morgan fingerprint density at radius 3 is 2.71 bits per heavy atom. The van der Waals surface area contributed by atoms with Gasteiger partial charge in [-0.25, -0.2) is 4.98 Å². The van der Waals surface area contributed by atoms with Gasteiger partial charge in [-0.2, -0.15) is 4.98 Å². The molecule has 0 bridgehead atoms. The molecular weight excluding hydrogens is 244 g/mol. The molecule has 1 rings (SSSR count). The first-order chi connectivity index (χ1) is 6.61. The molecule has 1 aromatic rings. The Bertz CT molecular complexity index is 302. The van der Waals surface area contributed by atoms with Crippen LogP contribution in [0.5, 0.6) is 5.88 Å². The highest BCUT2D eigenvalue weighted by molar-refractivity contribution is 9.10. The second kappa shape index (κ2) is 5.29. The number of nitrogens with zero attached hydrogens (tertiary/aromatic N) is 2. The van der Waals surface area contributed by atoms with E-state index in [1.54, 1.807) is 6.07 Å². The summed E-state index contributed by atoms with van der Waals surface area (Å²) in [5, 5.41) is 0. The summed E-state index contributed by atoms with van der Waals surface area (Å²) < 4.78 is 6.28. The largest absolute Gasteiger partial charge is 0.475 e. The standard InChI is InChI=1S/C10H15BrN2O/c1-4-5-9-12-8(11)6-10(13-9)14-7(2)3/h6-7H,4-5H2,1-3H3. The summed E-state index contributed by atoms with van der Waals surface area (Å²) in [5.41, 5.74) is 0. The van der Waals surface area contributed by atoms with Crippen molar-refractivity contribution in [3.05, 3.63) is 16.5 Å². The number of aryl methyl sites for hydroxylation is 1. The Morgan fingerprint density at radius 2 is 2.14 bits per heavy atom. The molecule has 0 saturated heterocycles. The van der Waals surface area contributed by atoms with Gasteiger partial charge in [0.1, 0.15) is 10.4 Å². The van der Waals surface area contributed by atoms with Gasteiger partial charge in [0.25, 0.3) is 0 Å². The fourth-order valence-corrected chi connectivity index (χ4v) is 1.48. The van der Waals surface area contributed by atoms with Crippen LogP contribution in [0.3, 0.4) is 0 Å². The Labute approximate surface area is 93.0 Å². The van der Waals surface area contributed by atoms with Crippen LogP contribution in [0, 0.1) is 0 Å². The van der Waals surface area contributed by atoms with Crippen molar-refractivity contribution < 1.29 is 4.74 Å². The molecule has 0 aliphatic carbocycles. The second-order valence-corrected chi connectivity index (χ2v) is 4.17. The minimum Gasteiger partial charge on any atom is -0.475 e. The predicted octanol–water partition coefficient (Wildman–Crippen LogP) is 2.98. The first kappa shape index (κ1) is 11.4. The van der Waals surface area contributed by atoms with E-state index in [1.807, 2.05) is 13.8 Å². The highest BCUT2D eigenvalue weighted by Crippen LogP contribution is 2.16. The number of halogens is 1. The molecule has 0 fully saturated rings. The zero-order chi connectivity index (χ0) is 10.6. The molecule has 78 valence electrons. The molecule has 0 atom stereocenters. The minimum absolute atomic E-state index is 0.145. The lowest BCUT2D eigenvalue weighted by Gasteiger charge is -2.09. The molecule has 1 heterocycles. The van der Waals surface area contributed by atoms with Crippen molar-refractivity contribution in [1.82, 2.24) is 9.97 Å². The maximum atomic E-state index is 5.50. The molecule has 3 nitrogen and oxygen atoms in total. The Hall–Kier alpha value is -0.640. The van der Waals surface area contributed by atoms with Gasteiger partial charge in [-0.05, 0) is 36.2 Å². The zero-order valence-electron chi connectivity index (χ0n) is 8.75. The topological polar surface area (TPSA) is 35.0 Å². The zero-order valence-corrected chi connectivity index (χ0v) is 10.3. The molecule has 0 unspecified atom stereocenters. The average molecular weight is 259 g/mol. The molecule has 4 heteroatoms. The lowest BCUT2D eigenvalue weighted by Crippen LogP contribution is -2.08. The normalized spacial score (nSPS) is 10.6. The van der Waals surface area contributed by atoms with Crippen LogP contribution in [0.15, 0.2) is 10.7 Å². The molecule has 0 radical (unpaired) electrons. The van der Waals surface area contributed by atoms with Crippen molar-refractivity contribution in [2.45, 2.75) is 39.7 Å². The van der Waals surface area contributed by atoms with Crippen LogP contribution in [0.1, 0.15) is 33.0 Å². The van der Waals surface area contributed by atoms with E-state index in [9.17, 15) is 0 Å². The second-order valence-electron chi connectivity index (χ2n) is 3.36. The minimum atomic E-state index is 0.145. The third-order valence-electron chi connectivity index (χ3n) is 1.55. The molecule has 0 N–H and O–H groups in total. The molecule has 0 spiro atoms. The summed E-state index contributed by atoms with van der Waals surface area (Å²) in [6.07, 6.45) is 2.07. The molecule has 0 amide bonds. The molecule has 1 aromatic heterocycles. The van der Waals surface area contributed by atoms with Crippen LogP contribution in [0.2, 0.25) is 0 Å². The first-order valence-electron chi connectivity index (χ1n) is 4.82. The van der Waals surface area contributed by atoms with Gasteiger partial charge in [0.05, 0.1) is 6.10 Å². The average Bonchev–Trinajstić information content (AvgIpc) is 2.01. The highest BCUT2D eigenvalue weighted by Gasteiger charge is 2.04. The lowest BCUT2D eigenvalue weighted by atomic mass is 10.3. The summed E-state index contributed by atoms with van der Waals surface area (Å²) in [7, 11) is 0. The van der Waals surface area contributed by atoms with Crippen molar-refractivity contribution in [3.8, 4) is 5.88 Å². The van der Waals surface area contributed by atoms with E-state index < -0.39 is 0 Å². The summed E-state index contributed by atoms with van der Waals surface area (Å²) in [5.74, 6) is 1.47. The summed E-state index contributed by atoms with van der Waals surface area (Å²) in [6, 6.07) is 1.79.